The molecule has 102 valence electrons. The predicted octanol–water partition coefficient (Wildman–Crippen LogP) is 1.31. The molecule has 1 aliphatic heterocycles. The summed E-state index contributed by atoms with van der Waals surface area (Å²) in [4.78, 5) is 3.27. The fraction of sp³-hybridized carbons (Fsp3) is 0.385. The third kappa shape index (κ3) is 2.16. The van der Waals surface area contributed by atoms with Crippen LogP contribution >= 0.6 is 0 Å². The van der Waals surface area contributed by atoms with Gasteiger partial charge in [0.25, 0.3) is 0 Å². The van der Waals surface area contributed by atoms with Gasteiger partial charge in [0.2, 0.25) is 10.0 Å². The van der Waals surface area contributed by atoms with Crippen LogP contribution in [0.3, 0.4) is 0 Å². The molecule has 5 nitrogen and oxygen atoms in total. The van der Waals surface area contributed by atoms with Crippen molar-refractivity contribution in [3.8, 4) is 0 Å². The second-order valence-corrected chi connectivity index (χ2v) is 6.76. The number of aliphatic hydroxyl groups excluding tert-OH is 1. The Hall–Kier alpha value is -1.37. The number of para-hydroxylation sites is 1. The van der Waals surface area contributed by atoms with Crippen LogP contribution in [0.25, 0.3) is 10.9 Å². The molecule has 0 amide bonds. The lowest BCUT2D eigenvalue weighted by Gasteiger charge is -2.28. The number of hydrogen-bond acceptors (Lipinski definition) is 3. The second-order valence-electron chi connectivity index (χ2n) is 4.86. The maximum absolute atomic E-state index is 12.6. The van der Waals surface area contributed by atoms with E-state index in [1.54, 1.807) is 6.07 Å². The Labute approximate surface area is 111 Å². The number of nitrogens with one attached hydrogen (secondary N) is 1. The first-order chi connectivity index (χ1) is 9.09. The first kappa shape index (κ1) is 12.7. The van der Waals surface area contributed by atoms with Crippen LogP contribution in [-0.4, -0.2) is 42.0 Å². The Morgan fingerprint density at radius 1 is 1.32 bits per heavy atom. The first-order valence-electron chi connectivity index (χ1n) is 6.33. The zero-order chi connectivity index (χ0) is 13.5. The molecule has 2 N–H and O–H groups in total. The van der Waals surface area contributed by atoms with E-state index in [4.69, 9.17) is 0 Å². The zero-order valence-electron chi connectivity index (χ0n) is 10.4. The van der Waals surface area contributed by atoms with E-state index in [0.717, 1.165) is 5.52 Å². The summed E-state index contributed by atoms with van der Waals surface area (Å²) < 4.78 is 26.6. The molecule has 1 saturated heterocycles. The highest BCUT2D eigenvalue weighted by atomic mass is 32.2. The largest absolute Gasteiger partial charge is 0.392 e. The van der Waals surface area contributed by atoms with E-state index >= 15 is 0 Å². The van der Waals surface area contributed by atoms with Gasteiger partial charge in [-0.3, -0.25) is 0 Å². The van der Waals surface area contributed by atoms with Gasteiger partial charge < -0.3 is 10.1 Å². The van der Waals surface area contributed by atoms with Crippen molar-refractivity contribution in [1.82, 2.24) is 9.29 Å². The lowest BCUT2D eigenvalue weighted by atomic mass is 10.1. The zero-order valence-corrected chi connectivity index (χ0v) is 11.2. The maximum Gasteiger partial charge on any atom is 0.245 e. The van der Waals surface area contributed by atoms with Crippen molar-refractivity contribution in [1.29, 1.82) is 0 Å². The van der Waals surface area contributed by atoms with Gasteiger partial charge in [0.05, 0.1) is 6.10 Å². The SMILES string of the molecule is O=S(=O)(c1c[nH]c2ccccc12)N1CCC[C@H](O)C1. The van der Waals surface area contributed by atoms with Crippen LogP contribution in [0, 0.1) is 0 Å². The van der Waals surface area contributed by atoms with Gasteiger partial charge in [-0.05, 0) is 18.9 Å². The molecule has 2 aromatic rings. The fourth-order valence-electron chi connectivity index (χ4n) is 2.54. The average molecular weight is 280 g/mol. The number of benzene rings is 1. The molecular weight excluding hydrogens is 264 g/mol. The maximum atomic E-state index is 12.6. The second kappa shape index (κ2) is 4.63. The molecule has 1 atom stereocenters. The molecule has 19 heavy (non-hydrogen) atoms. The van der Waals surface area contributed by atoms with E-state index in [9.17, 15) is 13.5 Å². The smallest absolute Gasteiger partial charge is 0.245 e. The van der Waals surface area contributed by atoms with Gasteiger partial charge in [-0.2, -0.15) is 4.31 Å². The normalized spacial score (nSPS) is 21.8. The van der Waals surface area contributed by atoms with Gasteiger partial charge >= 0.3 is 0 Å². The molecular formula is C13H16N2O3S. The molecule has 0 saturated carbocycles. The highest BCUT2D eigenvalue weighted by molar-refractivity contribution is 7.89. The van der Waals surface area contributed by atoms with Gasteiger partial charge in [-0.25, -0.2) is 8.42 Å². The van der Waals surface area contributed by atoms with Crippen LogP contribution in [-0.2, 0) is 10.0 Å². The van der Waals surface area contributed by atoms with Crippen molar-refractivity contribution >= 4 is 20.9 Å². The number of aromatic nitrogens is 1. The summed E-state index contributed by atoms with van der Waals surface area (Å²) in [5.74, 6) is 0. The number of rotatable bonds is 2. The number of nitrogens with zero attached hydrogens (tertiary/aromatic N) is 1. The standard InChI is InChI=1S/C13H16N2O3S/c16-10-4-3-7-15(9-10)19(17,18)13-8-14-12-6-2-1-5-11(12)13/h1-2,5-6,8,10,14,16H,3-4,7,9H2/t10-/m0/s1. The van der Waals surface area contributed by atoms with Gasteiger partial charge in [0.15, 0.2) is 0 Å². The molecule has 1 aromatic carbocycles. The number of aromatic amines is 1. The summed E-state index contributed by atoms with van der Waals surface area (Å²) >= 11 is 0. The first-order valence-corrected chi connectivity index (χ1v) is 7.77. The Morgan fingerprint density at radius 2 is 2.11 bits per heavy atom. The summed E-state index contributed by atoms with van der Waals surface area (Å²) in [5, 5.41) is 10.3. The van der Waals surface area contributed by atoms with Crippen molar-refractivity contribution < 1.29 is 13.5 Å². The van der Waals surface area contributed by atoms with Crippen molar-refractivity contribution in [3.05, 3.63) is 30.5 Å². The van der Waals surface area contributed by atoms with Gasteiger partial charge in [-0.1, -0.05) is 18.2 Å². The van der Waals surface area contributed by atoms with Crippen LogP contribution in [0.5, 0.6) is 0 Å². The van der Waals surface area contributed by atoms with E-state index in [-0.39, 0.29) is 11.4 Å². The number of fused-ring (bicyclic) bond motifs is 1. The van der Waals surface area contributed by atoms with Crippen molar-refractivity contribution in [2.45, 2.75) is 23.8 Å². The van der Waals surface area contributed by atoms with E-state index < -0.39 is 16.1 Å². The molecule has 0 spiro atoms. The lowest BCUT2D eigenvalue weighted by molar-refractivity contribution is 0.108. The number of H-pyrrole nitrogens is 1. The number of aliphatic hydroxyl groups is 1. The molecule has 0 unspecified atom stereocenters. The number of piperidine rings is 1. The predicted molar refractivity (Wildman–Crippen MR) is 72.3 cm³/mol. The molecule has 1 fully saturated rings. The highest BCUT2D eigenvalue weighted by Gasteiger charge is 2.31. The van der Waals surface area contributed by atoms with Gasteiger partial charge in [0.1, 0.15) is 4.90 Å². The molecule has 0 aliphatic carbocycles. The number of β-amino-alcohol motifs (C(OH)–C–C–N with tert-alkyl or cyclic N) is 1. The molecule has 0 bridgehead atoms. The molecule has 1 aromatic heterocycles. The van der Waals surface area contributed by atoms with Crippen LogP contribution in [0.4, 0.5) is 0 Å². The monoisotopic (exact) mass is 280 g/mol. The van der Waals surface area contributed by atoms with E-state index in [1.807, 2.05) is 18.2 Å². The minimum absolute atomic E-state index is 0.182. The molecule has 6 heteroatoms. The Morgan fingerprint density at radius 3 is 2.89 bits per heavy atom. The Bertz CT molecular complexity index is 693. The summed E-state index contributed by atoms with van der Waals surface area (Å²) in [6.07, 6.45) is 2.33. The number of hydrogen-bond donors (Lipinski definition) is 2. The third-order valence-electron chi connectivity index (χ3n) is 3.53. The third-order valence-corrected chi connectivity index (χ3v) is 5.43. The van der Waals surface area contributed by atoms with Crippen molar-refractivity contribution in [2.24, 2.45) is 0 Å². The summed E-state index contributed by atoms with van der Waals surface area (Å²) in [6, 6.07) is 7.32. The van der Waals surface area contributed by atoms with Crippen LogP contribution in [0.2, 0.25) is 0 Å². The Balaban J connectivity index is 2.04. The van der Waals surface area contributed by atoms with Crippen LogP contribution in [0.15, 0.2) is 35.4 Å². The molecule has 3 rings (SSSR count). The quantitative estimate of drug-likeness (QED) is 0.871. The summed E-state index contributed by atoms with van der Waals surface area (Å²) in [5.41, 5.74) is 0.804. The van der Waals surface area contributed by atoms with E-state index in [2.05, 4.69) is 4.98 Å². The average Bonchev–Trinajstić information content (AvgIpc) is 2.83. The Kier molecular flexibility index (Phi) is 3.08. The van der Waals surface area contributed by atoms with Crippen LogP contribution in [0.1, 0.15) is 12.8 Å². The van der Waals surface area contributed by atoms with Crippen molar-refractivity contribution in [3.63, 3.8) is 0 Å². The molecule has 0 radical (unpaired) electrons. The summed E-state index contributed by atoms with van der Waals surface area (Å²) in [7, 11) is -3.54. The lowest BCUT2D eigenvalue weighted by Crippen LogP contribution is -2.42. The number of sulfonamides is 1. The van der Waals surface area contributed by atoms with Crippen molar-refractivity contribution in [2.75, 3.05) is 13.1 Å². The fourth-order valence-corrected chi connectivity index (χ4v) is 4.22. The van der Waals surface area contributed by atoms with E-state index in [1.165, 1.54) is 10.5 Å². The minimum atomic E-state index is -3.54. The van der Waals surface area contributed by atoms with E-state index in [0.29, 0.717) is 24.8 Å². The molecule has 2 heterocycles. The van der Waals surface area contributed by atoms with Crippen LogP contribution < -0.4 is 0 Å². The molecule has 1 aliphatic rings. The van der Waals surface area contributed by atoms with Gasteiger partial charge in [0, 0.05) is 30.2 Å². The highest BCUT2D eigenvalue weighted by Crippen LogP contribution is 2.27. The minimum Gasteiger partial charge on any atom is -0.392 e. The van der Waals surface area contributed by atoms with Gasteiger partial charge in [-0.15, -0.1) is 0 Å². The summed E-state index contributed by atoms with van der Waals surface area (Å²) in [6.45, 7) is 0.654. The topological polar surface area (TPSA) is 73.4 Å².